The van der Waals surface area contributed by atoms with Gasteiger partial charge in [-0.3, -0.25) is 9.48 Å². The molecule has 2 aliphatic rings. The smallest absolute Gasteiger partial charge is 0.224 e. The molecule has 6 nitrogen and oxygen atoms in total. The van der Waals surface area contributed by atoms with Crippen molar-refractivity contribution in [1.82, 2.24) is 20.4 Å². The highest BCUT2D eigenvalue weighted by Gasteiger charge is 2.28. The van der Waals surface area contributed by atoms with Crippen LogP contribution in [-0.4, -0.2) is 40.5 Å². The van der Waals surface area contributed by atoms with E-state index < -0.39 is 0 Å². The summed E-state index contributed by atoms with van der Waals surface area (Å²) in [5.41, 5.74) is 2.30. The Kier molecular flexibility index (Phi) is 4.55. The van der Waals surface area contributed by atoms with E-state index >= 15 is 0 Å². The number of aromatic nitrogens is 2. The molecule has 0 radical (unpaired) electrons. The molecule has 1 aromatic heterocycles. The van der Waals surface area contributed by atoms with Crippen molar-refractivity contribution in [2.75, 3.05) is 19.7 Å². The van der Waals surface area contributed by atoms with E-state index in [1.165, 1.54) is 5.69 Å². The van der Waals surface area contributed by atoms with E-state index in [1.54, 1.807) is 0 Å². The van der Waals surface area contributed by atoms with E-state index in [2.05, 4.69) is 15.7 Å². The van der Waals surface area contributed by atoms with Gasteiger partial charge in [-0.25, -0.2) is 0 Å². The second-order valence-corrected chi connectivity index (χ2v) is 5.99. The number of amides is 1. The first-order valence-corrected chi connectivity index (χ1v) is 7.96. The fourth-order valence-corrected chi connectivity index (χ4v) is 3.42. The van der Waals surface area contributed by atoms with Gasteiger partial charge in [0.2, 0.25) is 5.91 Å². The molecule has 0 spiro atoms. The Morgan fingerprint density at radius 3 is 3.14 bits per heavy atom. The number of nitrogens with zero attached hydrogens (tertiary/aromatic N) is 2. The third-order valence-corrected chi connectivity index (χ3v) is 4.56. The molecule has 2 atom stereocenters. The Bertz CT molecular complexity index is 494. The summed E-state index contributed by atoms with van der Waals surface area (Å²) in [7, 11) is 0. The maximum absolute atomic E-state index is 12.4. The van der Waals surface area contributed by atoms with E-state index in [0.29, 0.717) is 6.54 Å². The number of hydrogen-bond donors (Lipinski definition) is 3. The van der Waals surface area contributed by atoms with Crippen LogP contribution in [0.3, 0.4) is 0 Å². The van der Waals surface area contributed by atoms with E-state index in [4.69, 9.17) is 5.11 Å². The van der Waals surface area contributed by atoms with Crippen LogP contribution in [-0.2, 0) is 17.8 Å². The normalized spacial score (nSPS) is 25.4. The molecule has 1 saturated heterocycles. The number of aliphatic hydroxyl groups is 1. The summed E-state index contributed by atoms with van der Waals surface area (Å²) in [6.45, 7) is 2.43. The minimum atomic E-state index is 0.0793. The topological polar surface area (TPSA) is 79.2 Å². The fourth-order valence-electron chi connectivity index (χ4n) is 3.42. The van der Waals surface area contributed by atoms with E-state index in [9.17, 15) is 4.79 Å². The average molecular weight is 292 g/mol. The lowest BCUT2D eigenvalue weighted by molar-refractivity contribution is -0.126. The molecule has 6 heteroatoms. The van der Waals surface area contributed by atoms with Crippen molar-refractivity contribution in [2.24, 2.45) is 5.92 Å². The summed E-state index contributed by atoms with van der Waals surface area (Å²) in [5.74, 6) is 0.256. The molecule has 0 saturated carbocycles. The monoisotopic (exact) mass is 292 g/mol. The summed E-state index contributed by atoms with van der Waals surface area (Å²) >= 11 is 0. The number of nitrogens with one attached hydrogen (secondary N) is 2. The highest BCUT2D eigenvalue weighted by Crippen LogP contribution is 2.30. The lowest BCUT2D eigenvalue weighted by atomic mass is 9.91. The Balaban J connectivity index is 1.68. The molecular weight excluding hydrogens is 268 g/mol. The highest BCUT2D eigenvalue weighted by atomic mass is 16.3. The third-order valence-electron chi connectivity index (χ3n) is 4.56. The molecule has 3 rings (SSSR count). The largest absolute Gasteiger partial charge is 0.394 e. The number of hydrogen-bond acceptors (Lipinski definition) is 4. The van der Waals surface area contributed by atoms with Crippen molar-refractivity contribution in [1.29, 1.82) is 0 Å². The zero-order valence-corrected chi connectivity index (χ0v) is 12.3. The minimum Gasteiger partial charge on any atom is -0.394 e. The molecule has 1 amide bonds. The minimum absolute atomic E-state index is 0.0793. The fraction of sp³-hybridized carbons (Fsp3) is 0.733. The molecule has 1 aromatic rings. The van der Waals surface area contributed by atoms with E-state index in [0.717, 1.165) is 50.8 Å². The Labute approximate surface area is 124 Å². The molecule has 3 N–H and O–H groups in total. The van der Waals surface area contributed by atoms with Crippen molar-refractivity contribution >= 4 is 5.91 Å². The molecular formula is C15H24N4O2. The summed E-state index contributed by atoms with van der Waals surface area (Å²) in [6, 6.07) is 0.0793. The lowest BCUT2D eigenvalue weighted by Gasteiger charge is -2.28. The van der Waals surface area contributed by atoms with Gasteiger partial charge in [-0.2, -0.15) is 5.10 Å². The predicted molar refractivity (Wildman–Crippen MR) is 78.7 cm³/mol. The maximum Gasteiger partial charge on any atom is 0.224 e. The van der Waals surface area contributed by atoms with Crippen molar-refractivity contribution in [3.63, 3.8) is 0 Å². The van der Waals surface area contributed by atoms with Gasteiger partial charge in [-0.1, -0.05) is 0 Å². The number of aliphatic hydroxyl groups excluding tert-OH is 1. The molecule has 116 valence electrons. The molecule has 1 aliphatic heterocycles. The first-order chi connectivity index (χ1) is 10.3. The van der Waals surface area contributed by atoms with Gasteiger partial charge < -0.3 is 15.7 Å². The number of rotatable bonds is 4. The molecule has 0 bridgehead atoms. The van der Waals surface area contributed by atoms with Crippen molar-refractivity contribution in [2.45, 2.75) is 44.7 Å². The zero-order valence-electron chi connectivity index (χ0n) is 12.3. The molecule has 21 heavy (non-hydrogen) atoms. The quantitative estimate of drug-likeness (QED) is 0.749. The van der Waals surface area contributed by atoms with Gasteiger partial charge in [0.1, 0.15) is 0 Å². The second kappa shape index (κ2) is 6.58. The number of fused-ring (bicyclic) bond motifs is 1. The van der Waals surface area contributed by atoms with Crippen LogP contribution < -0.4 is 10.6 Å². The molecule has 2 heterocycles. The Morgan fingerprint density at radius 2 is 2.38 bits per heavy atom. The zero-order chi connectivity index (χ0) is 14.7. The van der Waals surface area contributed by atoms with Crippen LogP contribution in [0.5, 0.6) is 0 Å². The van der Waals surface area contributed by atoms with Gasteiger partial charge in [0.15, 0.2) is 0 Å². The summed E-state index contributed by atoms with van der Waals surface area (Å²) in [5, 5.41) is 19.9. The van der Waals surface area contributed by atoms with Crippen LogP contribution in [0, 0.1) is 5.92 Å². The predicted octanol–water partition coefficient (Wildman–Crippen LogP) is 0.369. The molecule has 0 aromatic carbocycles. The maximum atomic E-state index is 12.4. The van der Waals surface area contributed by atoms with Gasteiger partial charge in [-0.05, 0) is 38.6 Å². The molecule has 1 unspecified atom stereocenters. The van der Waals surface area contributed by atoms with Crippen LogP contribution in [0.4, 0.5) is 0 Å². The van der Waals surface area contributed by atoms with Gasteiger partial charge >= 0.3 is 0 Å². The molecule has 1 aliphatic carbocycles. The standard InChI is InChI=1S/C15H24N4O2/c20-8-7-19-14-5-1-4-13(12(14)10-17-19)18-15(21)11-3-2-6-16-9-11/h10-11,13,16,20H,1-9H2,(H,18,21)/t11-,13?/m0/s1. The first kappa shape index (κ1) is 14.5. The van der Waals surface area contributed by atoms with Gasteiger partial charge in [0.25, 0.3) is 0 Å². The molecule has 1 fully saturated rings. The van der Waals surface area contributed by atoms with Crippen LogP contribution in [0.1, 0.15) is 43.0 Å². The lowest BCUT2D eigenvalue weighted by Crippen LogP contribution is -2.42. The summed E-state index contributed by atoms with van der Waals surface area (Å²) in [4.78, 5) is 12.4. The van der Waals surface area contributed by atoms with Crippen LogP contribution in [0.25, 0.3) is 0 Å². The van der Waals surface area contributed by atoms with Crippen molar-refractivity contribution in [3.05, 3.63) is 17.5 Å². The van der Waals surface area contributed by atoms with Crippen LogP contribution in [0.2, 0.25) is 0 Å². The van der Waals surface area contributed by atoms with Gasteiger partial charge in [-0.15, -0.1) is 0 Å². The van der Waals surface area contributed by atoms with Crippen LogP contribution >= 0.6 is 0 Å². The van der Waals surface area contributed by atoms with E-state index in [1.807, 2.05) is 10.9 Å². The third kappa shape index (κ3) is 3.11. The Morgan fingerprint density at radius 1 is 1.48 bits per heavy atom. The average Bonchev–Trinajstić information content (AvgIpc) is 2.93. The van der Waals surface area contributed by atoms with E-state index in [-0.39, 0.29) is 24.5 Å². The number of carbonyl (C=O) groups is 1. The summed E-state index contributed by atoms with van der Waals surface area (Å²) in [6.07, 6.45) is 6.91. The van der Waals surface area contributed by atoms with Crippen molar-refractivity contribution in [3.8, 4) is 0 Å². The Hall–Kier alpha value is -1.40. The van der Waals surface area contributed by atoms with Crippen LogP contribution in [0.15, 0.2) is 6.20 Å². The van der Waals surface area contributed by atoms with Gasteiger partial charge in [0, 0.05) is 17.8 Å². The van der Waals surface area contributed by atoms with Crippen molar-refractivity contribution < 1.29 is 9.90 Å². The number of piperidine rings is 1. The highest BCUT2D eigenvalue weighted by molar-refractivity contribution is 5.79. The second-order valence-electron chi connectivity index (χ2n) is 5.99. The summed E-state index contributed by atoms with van der Waals surface area (Å²) < 4.78 is 1.87. The number of carbonyl (C=O) groups excluding carboxylic acids is 1. The first-order valence-electron chi connectivity index (χ1n) is 7.96. The SMILES string of the molecule is O=C(NC1CCCc2c1cnn2CCO)[C@H]1CCCNC1. The van der Waals surface area contributed by atoms with Gasteiger partial charge in [0.05, 0.1) is 31.3 Å².